The van der Waals surface area contributed by atoms with E-state index in [-0.39, 0.29) is 5.82 Å². The first kappa shape index (κ1) is 17.5. The fourth-order valence-electron chi connectivity index (χ4n) is 4.11. The van der Waals surface area contributed by atoms with Gasteiger partial charge < -0.3 is 0 Å². The van der Waals surface area contributed by atoms with E-state index in [9.17, 15) is 4.39 Å². The number of aromatic nitrogens is 4. The molecule has 0 amide bonds. The Labute approximate surface area is 166 Å². The fraction of sp³-hybridized carbons (Fsp3) is 0.286. The van der Waals surface area contributed by atoms with Crippen LogP contribution in [0.2, 0.25) is 0 Å². The van der Waals surface area contributed by atoms with Gasteiger partial charge >= 0.3 is 0 Å². The molecule has 1 saturated heterocycles. The molecule has 1 N–H and O–H groups in total. The van der Waals surface area contributed by atoms with E-state index < -0.39 is 0 Å². The van der Waals surface area contributed by atoms with E-state index in [1.54, 1.807) is 12.1 Å². The zero-order valence-electron chi connectivity index (χ0n) is 15.3. The molecule has 28 heavy (non-hydrogen) atoms. The first-order valence-electron chi connectivity index (χ1n) is 9.49. The van der Waals surface area contributed by atoms with E-state index in [0.29, 0.717) is 5.92 Å². The predicted octanol–water partition coefficient (Wildman–Crippen LogP) is 4.60. The molecule has 1 unspecified atom stereocenters. The highest BCUT2D eigenvalue weighted by Gasteiger charge is 2.25. The van der Waals surface area contributed by atoms with Crippen LogP contribution in [0.3, 0.4) is 0 Å². The lowest BCUT2D eigenvalue weighted by molar-refractivity contribution is 0.198. The first-order chi connectivity index (χ1) is 13.8. The van der Waals surface area contributed by atoms with Crippen molar-refractivity contribution in [1.82, 2.24) is 23.8 Å². The number of nitrogens with one attached hydrogen (secondary N) is 1. The summed E-state index contributed by atoms with van der Waals surface area (Å²) in [6, 6.07) is 13.1. The van der Waals surface area contributed by atoms with E-state index in [2.05, 4.69) is 36.0 Å². The summed E-state index contributed by atoms with van der Waals surface area (Å²) in [5, 5.41) is 7.44. The number of aromatic amines is 1. The molecule has 1 fully saturated rings. The van der Waals surface area contributed by atoms with Gasteiger partial charge in [0.25, 0.3) is 0 Å². The highest BCUT2D eigenvalue weighted by Crippen LogP contribution is 2.33. The Morgan fingerprint density at radius 2 is 2.07 bits per heavy atom. The summed E-state index contributed by atoms with van der Waals surface area (Å²) < 4.78 is 22.3. The largest absolute Gasteiger partial charge is 0.298 e. The molecule has 7 heteroatoms. The molecule has 142 valence electrons. The van der Waals surface area contributed by atoms with Crippen LogP contribution in [-0.2, 0) is 6.54 Å². The van der Waals surface area contributed by atoms with Crippen molar-refractivity contribution in [1.29, 1.82) is 0 Å². The third-order valence-electron chi connectivity index (χ3n) is 5.44. The van der Waals surface area contributed by atoms with E-state index in [0.717, 1.165) is 60.3 Å². The average molecular weight is 393 g/mol. The maximum atomic E-state index is 13.7. The molecule has 1 atom stereocenters. The quantitative estimate of drug-likeness (QED) is 0.550. The van der Waals surface area contributed by atoms with Gasteiger partial charge in [0.1, 0.15) is 16.9 Å². The van der Waals surface area contributed by atoms with Crippen molar-refractivity contribution in [2.24, 2.45) is 0 Å². The number of hydrogen-bond acceptors (Lipinski definition) is 5. The number of hydrogen-bond donors (Lipinski definition) is 1. The van der Waals surface area contributed by atoms with Crippen LogP contribution in [0.15, 0.2) is 48.7 Å². The average Bonchev–Trinajstić information content (AvgIpc) is 3.37. The number of rotatable bonds is 4. The van der Waals surface area contributed by atoms with Crippen LogP contribution in [0.25, 0.3) is 22.2 Å². The molecule has 0 spiro atoms. The van der Waals surface area contributed by atoms with Crippen molar-refractivity contribution in [2.75, 3.05) is 13.1 Å². The molecule has 3 heterocycles. The Hall–Kier alpha value is -2.64. The van der Waals surface area contributed by atoms with Crippen molar-refractivity contribution in [2.45, 2.75) is 25.3 Å². The zero-order valence-corrected chi connectivity index (χ0v) is 16.1. The van der Waals surface area contributed by atoms with Crippen LogP contribution < -0.4 is 0 Å². The van der Waals surface area contributed by atoms with Crippen LogP contribution in [-0.4, -0.2) is 36.9 Å². The monoisotopic (exact) mass is 393 g/mol. The van der Waals surface area contributed by atoms with Crippen molar-refractivity contribution in [3.8, 4) is 11.1 Å². The minimum atomic E-state index is -0.221. The number of likely N-dealkylation sites (tertiary alicyclic amines) is 1. The van der Waals surface area contributed by atoms with Gasteiger partial charge in [-0.25, -0.2) is 4.39 Å². The number of H-pyrrole nitrogens is 1. The molecule has 2 aromatic carbocycles. The van der Waals surface area contributed by atoms with Gasteiger partial charge in [-0.2, -0.15) is 13.8 Å². The van der Waals surface area contributed by atoms with Gasteiger partial charge in [0.15, 0.2) is 0 Å². The summed E-state index contributed by atoms with van der Waals surface area (Å²) in [5.41, 5.74) is 6.18. The first-order valence-corrected chi connectivity index (χ1v) is 10.2. The Morgan fingerprint density at radius 1 is 1.14 bits per heavy atom. The Bertz CT molecular complexity index is 1100. The smallest absolute Gasteiger partial charge is 0.123 e. The van der Waals surface area contributed by atoms with Crippen LogP contribution in [0.1, 0.15) is 30.0 Å². The Balaban J connectivity index is 1.35. The highest BCUT2D eigenvalue weighted by molar-refractivity contribution is 7.00. The SMILES string of the molecule is Fc1cccc(-c2cn[nH]c2C2CCCN(Cc3ccc4nsnc4c3)C2)c1. The summed E-state index contributed by atoms with van der Waals surface area (Å²) >= 11 is 1.26. The summed E-state index contributed by atoms with van der Waals surface area (Å²) in [7, 11) is 0. The highest BCUT2D eigenvalue weighted by atomic mass is 32.1. The zero-order chi connectivity index (χ0) is 18.9. The number of nitrogens with zero attached hydrogens (tertiary/aromatic N) is 4. The number of halogens is 1. The van der Waals surface area contributed by atoms with Gasteiger partial charge in [0.05, 0.1) is 17.9 Å². The summed E-state index contributed by atoms with van der Waals surface area (Å²) in [6.45, 7) is 2.93. The second-order valence-corrected chi connectivity index (χ2v) is 7.90. The van der Waals surface area contributed by atoms with E-state index in [1.165, 1.54) is 23.4 Å². The molecule has 1 aliphatic heterocycles. The molecule has 5 nitrogen and oxygen atoms in total. The van der Waals surface area contributed by atoms with Crippen molar-refractivity contribution < 1.29 is 4.39 Å². The van der Waals surface area contributed by atoms with Gasteiger partial charge in [-0.05, 0) is 54.8 Å². The fourth-order valence-corrected chi connectivity index (χ4v) is 4.63. The van der Waals surface area contributed by atoms with Crippen LogP contribution in [0, 0.1) is 5.82 Å². The van der Waals surface area contributed by atoms with E-state index >= 15 is 0 Å². The summed E-state index contributed by atoms with van der Waals surface area (Å²) in [6.07, 6.45) is 4.05. The van der Waals surface area contributed by atoms with Crippen molar-refractivity contribution in [3.63, 3.8) is 0 Å². The molecule has 0 bridgehead atoms. The van der Waals surface area contributed by atoms with Crippen LogP contribution in [0.4, 0.5) is 4.39 Å². The lowest BCUT2D eigenvalue weighted by Gasteiger charge is -2.32. The van der Waals surface area contributed by atoms with Crippen molar-refractivity contribution in [3.05, 3.63) is 65.7 Å². The molecule has 4 aromatic rings. The standard InChI is InChI=1S/C21H20FN5S/c22-17-5-1-3-15(10-17)18-11-23-24-21(18)16-4-2-8-27(13-16)12-14-6-7-19-20(9-14)26-28-25-19/h1,3,5-7,9-11,16H,2,4,8,12-13H2,(H,23,24). The molecule has 1 aliphatic rings. The second kappa shape index (κ2) is 7.41. The van der Waals surface area contributed by atoms with Gasteiger partial charge in [-0.15, -0.1) is 0 Å². The minimum absolute atomic E-state index is 0.221. The molecule has 5 rings (SSSR count). The lowest BCUT2D eigenvalue weighted by Crippen LogP contribution is -2.34. The normalized spacial score (nSPS) is 18.0. The third kappa shape index (κ3) is 3.43. The Kier molecular flexibility index (Phi) is 4.62. The van der Waals surface area contributed by atoms with Crippen LogP contribution in [0.5, 0.6) is 0 Å². The summed E-state index contributed by atoms with van der Waals surface area (Å²) in [4.78, 5) is 2.48. The molecule has 0 radical (unpaired) electrons. The van der Waals surface area contributed by atoms with Gasteiger partial charge in [-0.3, -0.25) is 10.00 Å². The van der Waals surface area contributed by atoms with Crippen LogP contribution >= 0.6 is 11.7 Å². The van der Waals surface area contributed by atoms with Gasteiger partial charge in [0.2, 0.25) is 0 Å². The molecule has 0 saturated carbocycles. The molecule has 0 aliphatic carbocycles. The molecule has 2 aromatic heterocycles. The third-order valence-corrected chi connectivity index (χ3v) is 6.00. The Morgan fingerprint density at radius 3 is 3.00 bits per heavy atom. The number of piperidine rings is 1. The minimum Gasteiger partial charge on any atom is -0.298 e. The van der Waals surface area contributed by atoms with E-state index in [1.807, 2.05) is 18.3 Å². The summed E-state index contributed by atoms with van der Waals surface area (Å²) in [5.74, 6) is 0.140. The maximum Gasteiger partial charge on any atom is 0.123 e. The van der Waals surface area contributed by atoms with E-state index in [4.69, 9.17) is 0 Å². The molecular weight excluding hydrogens is 373 g/mol. The van der Waals surface area contributed by atoms with Gasteiger partial charge in [0, 0.05) is 30.3 Å². The number of benzene rings is 2. The second-order valence-electron chi connectivity index (χ2n) is 7.37. The molecular formula is C21H20FN5S. The number of fused-ring (bicyclic) bond motifs is 1. The van der Waals surface area contributed by atoms with Crippen molar-refractivity contribution >= 4 is 22.8 Å². The lowest BCUT2D eigenvalue weighted by atomic mass is 9.90. The predicted molar refractivity (Wildman–Crippen MR) is 109 cm³/mol. The topological polar surface area (TPSA) is 57.7 Å². The maximum absolute atomic E-state index is 13.7. The van der Waals surface area contributed by atoms with Gasteiger partial charge in [-0.1, -0.05) is 18.2 Å².